The number of amides is 2. The van der Waals surface area contributed by atoms with Gasteiger partial charge in [-0.3, -0.25) is 9.59 Å². The first-order valence-corrected chi connectivity index (χ1v) is 8.61. The first kappa shape index (κ1) is 18.3. The van der Waals surface area contributed by atoms with Crippen molar-refractivity contribution in [2.45, 2.75) is 0 Å². The van der Waals surface area contributed by atoms with Crippen LogP contribution in [0.1, 0.15) is 5.56 Å². The number of nitrogens with zero attached hydrogens (tertiary/aromatic N) is 3. The van der Waals surface area contributed by atoms with E-state index in [1.54, 1.807) is 36.3 Å². The number of piperazine rings is 1. The van der Waals surface area contributed by atoms with Gasteiger partial charge in [-0.1, -0.05) is 12.1 Å². The third-order valence-electron chi connectivity index (χ3n) is 4.46. The molecule has 0 radical (unpaired) electrons. The summed E-state index contributed by atoms with van der Waals surface area (Å²) in [7, 11) is 1.63. The molecule has 0 atom stereocenters. The highest BCUT2D eigenvalue weighted by Gasteiger charge is 2.27. The summed E-state index contributed by atoms with van der Waals surface area (Å²) in [6.45, 7) is 2.15. The van der Waals surface area contributed by atoms with Crippen molar-refractivity contribution in [3.8, 4) is 11.8 Å². The van der Waals surface area contributed by atoms with Gasteiger partial charge in [0.25, 0.3) is 0 Å². The molecule has 3 rings (SSSR count). The van der Waals surface area contributed by atoms with Crippen LogP contribution in [0.5, 0.6) is 5.75 Å². The Hall–Kier alpha value is -3.53. The van der Waals surface area contributed by atoms with Crippen molar-refractivity contribution in [1.29, 1.82) is 5.26 Å². The summed E-state index contributed by atoms with van der Waals surface area (Å²) in [6, 6.07) is 16.1. The molecule has 138 valence electrons. The van der Waals surface area contributed by atoms with Crippen LogP contribution in [0.3, 0.4) is 0 Å². The molecule has 7 nitrogen and oxygen atoms in total. The van der Waals surface area contributed by atoms with E-state index >= 15 is 0 Å². The highest BCUT2D eigenvalue weighted by molar-refractivity contribution is 6.39. The number of hydrogen-bond donors (Lipinski definition) is 1. The number of hydrogen-bond acceptors (Lipinski definition) is 5. The van der Waals surface area contributed by atoms with Crippen molar-refractivity contribution in [2.24, 2.45) is 0 Å². The van der Waals surface area contributed by atoms with Gasteiger partial charge >= 0.3 is 11.8 Å². The summed E-state index contributed by atoms with van der Waals surface area (Å²) in [5, 5.41) is 11.4. The van der Waals surface area contributed by atoms with Crippen LogP contribution in [0.2, 0.25) is 0 Å². The van der Waals surface area contributed by atoms with Gasteiger partial charge in [0, 0.05) is 31.9 Å². The Morgan fingerprint density at radius 1 is 1.04 bits per heavy atom. The lowest BCUT2D eigenvalue weighted by atomic mass is 10.2. The van der Waals surface area contributed by atoms with Gasteiger partial charge in [-0.25, -0.2) is 0 Å². The predicted octanol–water partition coefficient (Wildman–Crippen LogP) is 1.85. The molecule has 1 N–H and O–H groups in total. The minimum atomic E-state index is -0.676. The lowest BCUT2D eigenvalue weighted by molar-refractivity contribution is -0.143. The van der Waals surface area contributed by atoms with Crippen LogP contribution in [0, 0.1) is 11.3 Å². The molecular weight excluding hydrogens is 344 g/mol. The van der Waals surface area contributed by atoms with E-state index in [-0.39, 0.29) is 0 Å². The fourth-order valence-corrected chi connectivity index (χ4v) is 3.00. The molecular formula is C20H20N4O3. The van der Waals surface area contributed by atoms with Gasteiger partial charge in [-0.05, 0) is 36.4 Å². The molecule has 0 spiro atoms. The topological polar surface area (TPSA) is 85.7 Å². The Bertz CT molecular complexity index is 866. The van der Waals surface area contributed by atoms with E-state index in [1.165, 1.54) is 0 Å². The van der Waals surface area contributed by atoms with Gasteiger partial charge in [-0.2, -0.15) is 5.26 Å². The van der Waals surface area contributed by atoms with E-state index in [0.29, 0.717) is 37.4 Å². The van der Waals surface area contributed by atoms with Crippen molar-refractivity contribution in [3.05, 3.63) is 54.1 Å². The number of methoxy groups -OCH3 is 1. The first-order valence-electron chi connectivity index (χ1n) is 8.61. The van der Waals surface area contributed by atoms with E-state index < -0.39 is 11.8 Å². The summed E-state index contributed by atoms with van der Waals surface area (Å²) in [5.74, 6) is -0.444. The molecule has 0 saturated carbocycles. The predicted molar refractivity (Wildman–Crippen MR) is 102 cm³/mol. The number of rotatable bonds is 3. The summed E-state index contributed by atoms with van der Waals surface area (Å²) in [6.07, 6.45) is 0. The van der Waals surface area contributed by atoms with Crippen molar-refractivity contribution in [3.63, 3.8) is 0 Å². The fraction of sp³-hybridized carbons (Fsp3) is 0.250. The number of carbonyl (C=O) groups excluding carboxylic acids is 2. The lowest BCUT2D eigenvalue weighted by Gasteiger charge is -2.36. The van der Waals surface area contributed by atoms with Crippen molar-refractivity contribution in [2.75, 3.05) is 43.5 Å². The van der Waals surface area contributed by atoms with Gasteiger partial charge < -0.3 is 19.9 Å². The zero-order valence-electron chi connectivity index (χ0n) is 15.0. The van der Waals surface area contributed by atoms with Gasteiger partial charge in [0.1, 0.15) is 5.75 Å². The zero-order valence-corrected chi connectivity index (χ0v) is 15.0. The molecule has 2 aromatic rings. The van der Waals surface area contributed by atoms with Crippen molar-refractivity contribution < 1.29 is 14.3 Å². The number of ether oxygens (including phenoxy) is 1. The molecule has 1 aliphatic rings. The Kier molecular flexibility index (Phi) is 5.57. The minimum absolute atomic E-state index is 0.456. The summed E-state index contributed by atoms with van der Waals surface area (Å²) >= 11 is 0. The quantitative estimate of drug-likeness (QED) is 0.840. The van der Waals surface area contributed by atoms with Crippen molar-refractivity contribution in [1.82, 2.24) is 4.90 Å². The van der Waals surface area contributed by atoms with E-state index in [9.17, 15) is 9.59 Å². The molecule has 2 amide bonds. The number of benzene rings is 2. The molecule has 1 aliphatic heterocycles. The third kappa shape index (κ3) is 4.18. The van der Waals surface area contributed by atoms with Crippen LogP contribution in [-0.4, -0.2) is 50.0 Å². The first-order chi connectivity index (χ1) is 13.1. The molecule has 2 aromatic carbocycles. The number of carbonyl (C=O) groups is 2. The molecule has 7 heteroatoms. The van der Waals surface area contributed by atoms with Crippen LogP contribution in [-0.2, 0) is 9.59 Å². The van der Waals surface area contributed by atoms with E-state index in [2.05, 4.69) is 10.2 Å². The van der Waals surface area contributed by atoms with Crippen LogP contribution in [0.25, 0.3) is 0 Å². The molecule has 0 aromatic heterocycles. The molecule has 1 heterocycles. The van der Waals surface area contributed by atoms with E-state index in [1.807, 2.05) is 30.3 Å². The van der Waals surface area contributed by atoms with Gasteiger partial charge in [-0.15, -0.1) is 0 Å². The Morgan fingerprint density at radius 3 is 2.33 bits per heavy atom. The summed E-state index contributed by atoms with van der Waals surface area (Å²) in [4.78, 5) is 28.3. The highest BCUT2D eigenvalue weighted by atomic mass is 16.5. The largest absolute Gasteiger partial charge is 0.495 e. The Labute approximate surface area is 157 Å². The number of nitriles is 1. The molecule has 27 heavy (non-hydrogen) atoms. The fourth-order valence-electron chi connectivity index (χ4n) is 3.00. The number of anilines is 2. The van der Waals surface area contributed by atoms with Crippen LogP contribution in [0.4, 0.5) is 11.4 Å². The minimum Gasteiger partial charge on any atom is -0.495 e. The van der Waals surface area contributed by atoms with Crippen LogP contribution >= 0.6 is 0 Å². The van der Waals surface area contributed by atoms with Gasteiger partial charge in [0.05, 0.1) is 24.4 Å². The lowest BCUT2D eigenvalue weighted by Crippen LogP contribution is -2.51. The molecule has 0 aliphatic carbocycles. The molecule has 1 fully saturated rings. The highest BCUT2D eigenvalue weighted by Crippen LogP contribution is 2.28. The monoisotopic (exact) mass is 364 g/mol. The average molecular weight is 364 g/mol. The zero-order chi connectivity index (χ0) is 19.2. The SMILES string of the molecule is COc1ccccc1N1CCN(C(=O)C(=O)Nc2ccc(C#N)cc2)CC1. The summed E-state index contributed by atoms with van der Waals surface area (Å²) in [5.41, 5.74) is 1.96. The summed E-state index contributed by atoms with van der Waals surface area (Å²) < 4.78 is 5.39. The van der Waals surface area contributed by atoms with E-state index in [0.717, 1.165) is 11.4 Å². The van der Waals surface area contributed by atoms with Gasteiger partial charge in [0.15, 0.2) is 0 Å². The maximum absolute atomic E-state index is 12.4. The molecule has 0 bridgehead atoms. The molecule has 1 saturated heterocycles. The third-order valence-corrected chi connectivity index (χ3v) is 4.46. The number of para-hydroxylation sites is 2. The van der Waals surface area contributed by atoms with Crippen LogP contribution < -0.4 is 15.0 Å². The number of nitrogens with one attached hydrogen (secondary N) is 1. The Balaban J connectivity index is 1.57. The maximum Gasteiger partial charge on any atom is 0.313 e. The maximum atomic E-state index is 12.4. The van der Waals surface area contributed by atoms with Crippen molar-refractivity contribution >= 4 is 23.2 Å². The second kappa shape index (κ2) is 8.23. The smallest absolute Gasteiger partial charge is 0.313 e. The standard InChI is InChI=1S/C20H20N4O3/c1-27-18-5-3-2-4-17(18)23-10-12-24(13-11-23)20(26)19(25)22-16-8-6-15(14-21)7-9-16/h2-9H,10-13H2,1H3,(H,22,25). The second-order valence-electron chi connectivity index (χ2n) is 6.09. The Morgan fingerprint density at radius 2 is 1.70 bits per heavy atom. The molecule has 0 unspecified atom stereocenters. The van der Waals surface area contributed by atoms with E-state index in [4.69, 9.17) is 10.00 Å². The average Bonchev–Trinajstić information content (AvgIpc) is 2.73. The second-order valence-corrected chi connectivity index (χ2v) is 6.09. The van der Waals surface area contributed by atoms with Crippen LogP contribution in [0.15, 0.2) is 48.5 Å². The van der Waals surface area contributed by atoms with Gasteiger partial charge in [0.2, 0.25) is 0 Å². The normalized spacial score (nSPS) is 13.6.